The fourth-order valence-electron chi connectivity index (χ4n) is 0.428. The van der Waals surface area contributed by atoms with Crippen molar-refractivity contribution in [2.45, 2.75) is 13.3 Å². The molecule has 0 aliphatic carbocycles. The molecule has 0 aliphatic rings. The standard InChI is InChI=1S/C5H11O4P.Ti/c1-2-10(8,9)4-3-5(6)7;/h2-4H2,1H3,(H,6,7)(H,8,9);. The van der Waals surface area contributed by atoms with Gasteiger partial charge >= 0.3 is 5.97 Å². The second-order valence-electron chi connectivity index (χ2n) is 2.03. The van der Waals surface area contributed by atoms with Crippen LogP contribution in [0.4, 0.5) is 0 Å². The second kappa shape index (κ2) is 5.95. The van der Waals surface area contributed by atoms with Crippen molar-refractivity contribution in [2.75, 3.05) is 12.3 Å². The Bertz CT molecular complexity index is 170. The predicted molar refractivity (Wildman–Crippen MR) is 37.5 cm³/mol. The Morgan fingerprint density at radius 2 is 2.00 bits per heavy atom. The fourth-order valence-corrected chi connectivity index (χ4v) is 1.29. The quantitative estimate of drug-likeness (QED) is 0.534. The summed E-state index contributed by atoms with van der Waals surface area (Å²) in [6.45, 7) is 1.57. The number of rotatable bonds is 4. The van der Waals surface area contributed by atoms with E-state index in [0.29, 0.717) is 0 Å². The van der Waals surface area contributed by atoms with Crippen molar-refractivity contribution in [1.29, 1.82) is 0 Å². The Kier molecular flexibility index (Phi) is 7.54. The Morgan fingerprint density at radius 1 is 1.55 bits per heavy atom. The van der Waals surface area contributed by atoms with Crippen LogP contribution in [0.25, 0.3) is 0 Å². The van der Waals surface area contributed by atoms with Crippen LogP contribution in [0.1, 0.15) is 13.3 Å². The van der Waals surface area contributed by atoms with Gasteiger partial charge < -0.3 is 10.00 Å². The molecule has 0 aromatic heterocycles. The van der Waals surface area contributed by atoms with E-state index in [1.165, 1.54) is 0 Å². The SMILES string of the molecule is CCP(=O)(O)CCC(=O)O.[Ti]. The van der Waals surface area contributed by atoms with Gasteiger partial charge in [0.25, 0.3) is 0 Å². The summed E-state index contributed by atoms with van der Waals surface area (Å²) >= 11 is 0. The number of aliphatic carboxylic acids is 1. The van der Waals surface area contributed by atoms with Gasteiger partial charge in [-0.2, -0.15) is 0 Å². The van der Waals surface area contributed by atoms with E-state index in [-0.39, 0.29) is 40.5 Å². The Labute approximate surface area is 80.3 Å². The van der Waals surface area contributed by atoms with Crippen molar-refractivity contribution >= 4 is 13.3 Å². The molecule has 0 fully saturated rings. The van der Waals surface area contributed by atoms with Gasteiger partial charge in [0.2, 0.25) is 7.37 Å². The molecule has 0 radical (unpaired) electrons. The van der Waals surface area contributed by atoms with Gasteiger partial charge in [-0.15, -0.1) is 0 Å². The van der Waals surface area contributed by atoms with Gasteiger partial charge in [-0.1, -0.05) is 6.92 Å². The minimum Gasteiger partial charge on any atom is -0.481 e. The molecule has 4 nitrogen and oxygen atoms in total. The average Bonchev–Trinajstić information content (AvgIpc) is 1.85. The molecule has 11 heavy (non-hydrogen) atoms. The first-order chi connectivity index (χ1) is 4.48. The third-order valence-electron chi connectivity index (χ3n) is 1.17. The van der Waals surface area contributed by atoms with E-state index < -0.39 is 13.3 Å². The molecular weight excluding hydrogens is 203 g/mol. The van der Waals surface area contributed by atoms with Gasteiger partial charge in [-0.05, 0) is 0 Å². The van der Waals surface area contributed by atoms with Gasteiger partial charge in [-0.3, -0.25) is 9.36 Å². The molecule has 6 heteroatoms. The van der Waals surface area contributed by atoms with Gasteiger partial charge in [0.1, 0.15) is 0 Å². The largest absolute Gasteiger partial charge is 0.481 e. The van der Waals surface area contributed by atoms with Crippen molar-refractivity contribution in [1.82, 2.24) is 0 Å². The zero-order chi connectivity index (χ0) is 8.20. The summed E-state index contributed by atoms with van der Waals surface area (Å²) in [5.74, 6) is -1.03. The fraction of sp³-hybridized carbons (Fsp3) is 0.800. The molecule has 0 aromatic carbocycles. The molecule has 1 unspecified atom stereocenters. The van der Waals surface area contributed by atoms with Gasteiger partial charge in [0.15, 0.2) is 0 Å². The van der Waals surface area contributed by atoms with Crippen LogP contribution in [0.15, 0.2) is 0 Å². The van der Waals surface area contributed by atoms with Crippen LogP contribution in [0, 0.1) is 0 Å². The summed E-state index contributed by atoms with van der Waals surface area (Å²) in [6, 6.07) is 0. The number of hydrogen-bond donors (Lipinski definition) is 2. The van der Waals surface area contributed by atoms with Crippen LogP contribution in [-0.2, 0) is 31.1 Å². The molecule has 2 N–H and O–H groups in total. The van der Waals surface area contributed by atoms with Gasteiger partial charge in [0.05, 0.1) is 6.42 Å². The normalized spacial score (nSPS) is 14.7. The van der Waals surface area contributed by atoms with E-state index in [1.54, 1.807) is 6.92 Å². The number of hydrogen-bond acceptors (Lipinski definition) is 2. The average molecular weight is 214 g/mol. The molecule has 0 amide bonds. The maximum Gasteiger partial charge on any atom is 0.303 e. The van der Waals surface area contributed by atoms with Crippen LogP contribution in [0.2, 0.25) is 0 Å². The predicted octanol–water partition coefficient (Wildman–Crippen LogP) is 0.749. The molecule has 0 spiro atoms. The number of carbonyl (C=O) groups is 1. The van der Waals surface area contributed by atoms with E-state index in [1.807, 2.05) is 0 Å². The first kappa shape index (κ1) is 13.9. The van der Waals surface area contributed by atoms with E-state index in [0.717, 1.165) is 0 Å². The van der Waals surface area contributed by atoms with E-state index in [4.69, 9.17) is 10.00 Å². The van der Waals surface area contributed by atoms with Crippen molar-refractivity contribution in [3.63, 3.8) is 0 Å². The molecule has 0 rings (SSSR count). The third-order valence-corrected chi connectivity index (χ3v) is 3.08. The Hall–Kier alpha value is 0.374. The Balaban J connectivity index is 0. The molecular formula is C5H11O4PTi. The third kappa shape index (κ3) is 8.28. The molecule has 64 valence electrons. The van der Waals surface area contributed by atoms with Crippen LogP contribution in [-0.4, -0.2) is 28.3 Å². The van der Waals surface area contributed by atoms with Crippen molar-refractivity contribution in [3.05, 3.63) is 0 Å². The van der Waals surface area contributed by atoms with Crippen molar-refractivity contribution in [2.24, 2.45) is 0 Å². The smallest absolute Gasteiger partial charge is 0.303 e. The minimum absolute atomic E-state index is 0. The van der Waals surface area contributed by atoms with E-state index in [2.05, 4.69) is 0 Å². The summed E-state index contributed by atoms with van der Waals surface area (Å²) in [4.78, 5) is 18.8. The molecule has 0 saturated carbocycles. The summed E-state index contributed by atoms with van der Waals surface area (Å²) in [5, 5.41) is 8.14. The number of carboxylic acid groups (broad SMARTS) is 1. The molecule has 0 saturated heterocycles. The minimum atomic E-state index is -3.11. The molecule has 0 aliphatic heterocycles. The topological polar surface area (TPSA) is 74.6 Å². The molecule has 1 atom stereocenters. The maximum atomic E-state index is 10.8. The summed E-state index contributed by atoms with van der Waals surface area (Å²) in [5.41, 5.74) is 0. The van der Waals surface area contributed by atoms with Gasteiger partial charge in [0, 0.05) is 34.0 Å². The zero-order valence-electron chi connectivity index (χ0n) is 6.28. The molecule has 0 heterocycles. The summed E-state index contributed by atoms with van der Waals surface area (Å²) in [6.07, 6.45) is -0.180. The number of carboxylic acids is 1. The van der Waals surface area contributed by atoms with Crippen LogP contribution in [0.5, 0.6) is 0 Å². The molecule has 0 aromatic rings. The molecule has 0 bridgehead atoms. The summed E-state index contributed by atoms with van der Waals surface area (Å²) in [7, 11) is -3.11. The summed E-state index contributed by atoms with van der Waals surface area (Å²) < 4.78 is 10.8. The van der Waals surface area contributed by atoms with Crippen molar-refractivity contribution < 1.29 is 41.1 Å². The zero-order valence-corrected chi connectivity index (χ0v) is 8.74. The Morgan fingerprint density at radius 3 is 2.27 bits per heavy atom. The van der Waals surface area contributed by atoms with Crippen LogP contribution < -0.4 is 0 Å². The first-order valence-corrected chi connectivity index (χ1v) is 5.03. The van der Waals surface area contributed by atoms with Gasteiger partial charge in [-0.25, -0.2) is 0 Å². The van der Waals surface area contributed by atoms with E-state index >= 15 is 0 Å². The first-order valence-electron chi connectivity index (χ1n) is 3.00. The monoisotopic (exact) mass is 214 g/mol. The second-order valence-corrected chi connectivity index (χ2v) is 4.80. The maximum absolute atomic E-state index is 10.8. The van der Waals surface area contributed by atoms with Crippen LogP contribution >= 0.6 is 7.37 Å². The van der Waals surface area contributed by atoms with Crippen LogP contribution in [0.3, 0.4) is 0 Å². The van der Waals surface area contributed by atoms with Crippen molar-refractivity contribution in [3.8, 4) is 0 Å². The van der Waals surface area contributed by atoms with E-state index in [9.17, 15) is 9.36 Å².